The van der Waals surface area contributed by atoms with Gasteiger partial charge >= 0.3 is 8.56 Å². The van der Waals surface area contributed by atoms with E-state index in [0.29, 0.717) is 0 Å². The van der Waals surface area contributed by atoms with Crippen LogP contribution in [0.25, 0.3) is 0 Å². The third-order valence-electron chi connectivity index (χ3n) is 6.20. The molecule has 0 saturated heterocycles. The van der Waals surface area contributed by atoms with E-state index in [1.165, 1.54) is 20.7 Å². The normalized spacial score (nSPS) is 11.4. The van der Waals surface area contributed by atoms with Gasteiger partial charge in [-0.3, -0.25) is 0 Å². The fourth-order valence-electron chi connectivity index (χ4n) is 4.60. The van der Waals surface area contributed by atoms with Gasteiger partial charge in [0.1, 0.15) is 0 Å². The summed E-state index contributed by atoms with van der Waals surface area (Å²) in [6.07, 6.45) is 0. The third kappa shape index (κ3) is 6.81. The molecule has 0 aliphatic carbocycles. The predicted molar refractivity (Wildman–Crippen MR) is 167 cm³/mol. The Bertz CT molecular complexity index is 980. The summed E-state index contributed by atoms with van der Waals surface area (Å²) in [5.41, 5.74) is 0. The van der Waals surface area contributed by atoms with Gasteiger partial charge < -0.3 is 8.23 Å². The van der Waals surface area contributed by atoms with Crippen LogP contribution in [0.5, 0.6) is 0 Å². The molecule has 5 heteroatoms. The summed E-state index contributed by atoms with van der Waals surface area (Å²) in [5, 5.41) is 5.07. The summed E-state index contributed by atoms with van der Waals surface area (Å²) in [5.74, 6) is 0. The van der Waals surface area contributed by atoms with Gasteiger partial charge in [0.2, 0.25) is 16.6 Å². The zero-order chi connectivity index (χ0) is 23.4. The Labute approximate surface area is 223 Å². The number of rotatable bonds is 8. The van der Waals surface area contributed by atoms with E-state index in [1.54, 1.807) is 0 Å². The highest BCUT2D eigenvalue weighted by Gasteiger charge is 2.46. The molecule has 0 spiro atoms. The lowest BCUT2D eigenvalue weighted by Crippen LogP contribution is -2.68. The minimum atomic E-state index is -2.58. The zero-order valence-electron chi connectivity index (χ0n) is 19.9. The lowest BCUT2D eigenvalue weighted by atomic mass is 10.4. The minimum Gasteiger partial charge on any atom is -0.429 e. The molecule has 2 nitrogen and oxygen atoms in total. The summed E-state index contributed by atoms with van der Waals surface area (Å²) < 4.78 is 14.5. The highest BCUT2D eigenvalue weighted by Crippen LogP contribution is 2.21. The molecule has 0 saturated carbocycles. The van der Waals surface area contributed by atoms with Crippen molar-refractivity contribution in [2.24, 2.45) is 0 Å². The molecule has 0 aliphatic heterocycles. The number of hydrogen-bond donors (Lipinski definition) is 0. The van der Waals surface area contributed by atoms with Crippen LogP contribution in [0, 0.1) is 0 Å². The summed E-state index contributed by atoms with van der Waals surface area (Å²) >= 11 is 0. The summed E-state index contributed by atoms with van der Waals surface area (Å²) in [6, 6.07) is 42.7. The molecule has 0 radical (unpaired) electrons. The Morgan fingerprint density at radius 3 is 0.750 bits per heavy atom. The Balaban J connectivity index is 0.00000216. The molecular weight excluding hydrogens is 489 g/mol. The first-order chi connectivity index (χ1) is 15.8. The molecule has 0 fully saturated rings. The molecule has 0 unspecified atom stereocenters. The average Bonchev–Trinajstić information content (AvgIpc) is 2.85. The maximum absolute atomic E-state index is 7.23. The third-order valence-corrected chi connectivity index (χ3v) is 19.1. The van der Waals surface area contributed by atoms with E-state index in [4.69, 9.17) is 8.23 Å². The van der Waals surface area contributed by atoms with E-state index in [9.17, 15) is 0 Å². The number of benzene rings is 4. The van der Waals surface area contributed by atoms with Crippen molar-refractivity contribution in [1.29, 1.82) is 0 Å². The van der Waals surface area contributed by atoms with Crippen molar-refractivity contribution < 1.29 is 8.23 Å². The van der Waals surface area contributed by atoms with Crippen molar-refractivity contribution in [3.05, 3.63) is 121 Å². The van der Waals surface area contributed by atoms with Gasteiger partial charge in [0.25, 0.3) is 0 Å². The van der Waals surface area contributed by atoms with Crippen molar-refractivity contribution in [3.8, 4) is 0 Å². The maximum atomic E-state index is 7.23. The maximum Gasteiger partial charge on any atom is 0.312 e. The van der Waals surface area contributed by atoms with E-state index in [2.05, 4.69) is 148 Å². The van der Waals surface area contributed by atoms with Gasteiger partial charge in [-0.25, -0.2) is 0 Å². The molecule has 0 heterocycles. The van der Waals surface area contributed by atoms with Crippen LogP contribution in [-0.2, 0) is 8.23 Å². The van der Waals surface area contributed by atoms with Crippen LogP contribution in [0.1, 0.15) is 22.3 Å². The molecule has 36 heavy (non-hydrogen) atoms. The van der Waals surface area contributed by atoms with Gasteiger partial charge in [-0.1, -0.05) is 144 Å². The van der Waals surface area contributed by atoms with E-state index >= 15 is 0 Å². The molecule has 0 amide bonds. The first kappa shape index (κ1) is 31.5. The Morgan fingerprint density at radius 1 is 0.361 bits per heavy atom. The molecule has 4 rings (SSSR count). The van der Waals surface area contributed by atoms with Crippen LogP contribution >= 0.6 is 0 Å². The highest BCUT2D eigenvalue weighted by atomic mass is 28.5. The molecule has 0 aromatic heterocycles. The topological polar surface area (TPSA) is 18.5 Å². The van der Waals surface area contributed by atoms with Crippen LogP contribution in [0.15, 0.2) is 121 Å². The zero-order valence-corrected chi connectivity index (χ0v) is 22.9. The van der Waals surface area contributed by atoms with E-state index in [1.807, 2.05) is 0 Å². The molecular formula is C31H44O2Si3. The smallest absolute Gasteiger partial charge is 0.312 e. The first-order valence-corrected chi connectivity index (χ1v) is 19.1. The van der Waals surface area contributed by atoms with Crippen molar-refractivity contribution in [1.82, 2.24) is 0 Å². The largest absolute Gasteiger partial charge is 0.429 e. The SMILES string of the molecule is C.C.C.C[Si](C)(O[Si](C)(c1ccccc1)c1ccccc1)O[Si](C)(c1ccccc1)c1ccccc1. The van der Waals surface area contributed by atoms with Gasteiger partial charge in [-0.15, -0.1) is 0 Å². The lowest BCUT2D eigenvalue weighted by molar-refractivity contribution is 0.406. The summed E-state index contributed by atoms with van der Waals surface area (Å²) in [4.78, 5) is 0. The monoisotopic (exact) mass is 532 g/mol. The van der Waals surface area contributed by atoms with Crippen molar-refractivity contribution >= 4 is 45.9 Å². The van der Waals surface area contributed by atoms with Crippen LogP contribution in [0.4, 0.5) is 0 Å². The van der Waals surface area contributed by atoms with E-state index < -0.39 is 25.2 Å². The van der Waals surface area contributed by atoms with E-state index in [0.717, 1.165) is 0 Å². The van der Waals surface area contributed by atoms with Crippen LogP contribution in [-0.4, -0.2) is 25.2 Å². The molecule has 4 aromatic rings. The van der Waals surface area contributed by atoms with Crippen molar-refractivity contribution in [3.63, 3.8) is 0 Å². The molecule has 4 aromatic carbocycles. The van der Waals surface area contributed by atoms with Crippen LogP contribution < -0.4 is 20.7 Å². The molecule has 0 atom stereocenters. The van der Waals surface area contributed by atoms with Gasteiger partial charge in [-0.05, 0) is 46.9 Å². The Hall–Kier alpha value is -2.55. The standard InChI is InChI=1S/C28H32O2Si3.3CH4/c1-31(2,29-32(3,25-17-9-5-10-18-25)26-19-11-6-12-20-26)30-33(4,27-21-13-7-14-22-27)28-23-15-8-16-24-28;;;/h5-24H,1-4H3;3*1H4. The molecule has 0 aliphatic rings. The molecule has 192 valence electrons. The van der Waals surface area contributed by atoms with Crippen molar-refractivity contribution in [2.45, 2.75) is 48.5 Å². The highest BCUT2D eigenvalue weighted by molar-refractivity contribution is 7.04. The molecule has 0 bridgehead atoms. The summed E-state index contributed by atoms with van der Waals surface area (Å²) in [6.45, 7) is 9.03. The van der Waals surface area contributed by atoms with Gasteiger partial charge in [0, 0.05) is 0 Å². The van der Waals surface area contributed by atoms with E-state index in [-0.39, 0.29) is 22.3 Å². The number of hydrogen-bond acceptors (Lipinski definition) is 2. The fraction of sp³-hybridized carbons (Fsp3) is 0.226. The summed E-state index contributed by atoms with van der Waals surface area (Å²) in [7, 11) is -7.54. The van der Waals surface area contributed by atoms with Gasteiger partial charge in [0.15, 0.2) is 0 Å². The quantitative estimate of drug-likeness (QED) is 0.244. The van der Waals surface area contributed by atoms with Crippen LogP contribution in [0.2, 0.25) is 26.2 Å². The van der Waals surface area contributed by atoms with Crippen LogP contribution in [0.3, 0.4) is 0 Å². The Morgan fingerprint density at radius 2 is 0.556 bits per heavy atom. The molecule has 0 N–H and O–H groups in total. The predicted octanol–water partition coefficient (Wildman–Crippen LogP) is 6.41. The minimum absolute atomic E-state index is 0. The second-order valence-electron chi connectivity index (χ2n) is 9.13. The van der Waals surface area contributed by atoms with Crippen molar-refractivity contribution in [2.75, 3.05) is 0 Å². The fourth-order valence-corrected chi connectivity index (χ4v) is 18.9. The van der Waals surface area contributed by atoms with Gasteiger partial charge in [-0.2, -0.15) is 0 Å². The first-order valence-electron chi connectivity index (χ1n) is 11.5. The second kappa shape index (κ2) is 13.1. The second-order valence-corrected chi connectivity index (χ2v) is 20.0. The average molecular weight is 533 g/mol. The Kier molecular flexibility index (Phi) is 11.5. The van der Waals surface area contributed by atoms with Gasteiger partial charge in [0.05, 0.1) is 0 Å². The lowest BCUT2D eigenvalue weighted by Gasteiger charge is -2.42.